The summed E-state index contributed by atoms with van der Waals surface area (Å²) in [5, 5.41) is 0. The molecule has 0 saturated heterocycles. The molecule has 0 unspecified atom stereocenters. The Hall–Kier alpha value is -1.71. The van der Waals surface area contributed by atoms with Crippen molar-refractivity contribution in [3.05, 3.63) is 23.8 Å². The summed E-state index contributed by atoms with van der Waals surface area (Å²) in [6, 6.07) is 5.38. The van der Waals surface area contributed by atoms with Crippen molar-refractivity contribution in [3.63, 3.8) is 0 Å². The monoisotopic (exact) mass is 236 g/mol. The molecule has 0 aliphatic heterocycles. The molecule has 0 saturated carbocycles. The van der Waals surface area contributed by atoms with E-state index in [-0.39, 0.29) is 11.9 Å². The van der Waals surface area contributed by atoms with E-state index in [1.807, 2.05) is 20.8 Å². The zero-order valence-corrected chi connectivity index (χ0v) is 10.9. The van der Waals surface area contributed by atoms with E-state index in [1.54, 1.807) is 30.1 Å². The quantitative estimate of drug-likeness (QED) is 0.815. The van der Waals surface area contributed by atoms with Crippen molar-refractivity contribution in [2.24, 2.45) is 0 Å². The molecule has 1 amide bonds. The number of rotatable bonds is 4. The maximum atomic E-state index is 12.3. The zero-order valence-electron chi connectivity index (χ0n) is 10.9. The topological polar surface area (TPSA) is 55.6 Å². The highest BCUT2D eigenvalue weighted by atomic mass is 16.5. The van der Waals surface area contributed by atoms with Gasteiger partial charge in [0.25, 0.3) is 5.91 Å². The SMILES string of the molecule is CCOc1cccc(N)c1C(=O)N(C)C(C)C. The third-order valence-electron chi connectivity index (χ3n) is 2.67. The summed E-state index contributed by atoms with van der Waals surface area (Å²) in [5.41, 5.74) is 6.76. The van der Waals surface area contributed by atoms with Crippen LogP contribution in [0, 0.1) is 0 Å². The van der Waals surface area contributed by atoms with E-state index < -0.39 is 0 Å². The van der Waals surface area contributed by atoms with Crippen LogP contribution >= 0.6 is 0 Å². The van der Waals surface area contributed by atoms with Crippen molar-refractivity contribution in [3.8, 4) is 5.75 Å². The van der Waals surface area contributed by atoms with E-state index in [0.29, 0.717) is 23.6 Å². The molecule has 0 fully saturated rings. The van der Waals surface area contributed by atoms with Gasteiger partial charge in [0.05, 0.1) is 6.61 Å². The molecule has 94 valence electrons. The van der Waals surface area contributed by atoms with E-state index in [9.17, 15) is 4.79 Å². The Morgan fingerprint density at radius 1 is 1.47 bits per heavy atom. The van der Waals surface area contributed by atoms with Crippen LogP contribution in [0.5, 0.6) is 5.75 Å². The highest BCUT2D eigenvalue weighted by Crippen LogP contribution is 2.26. The molecule has 0 aromatic heterocycles. The van der Waals surface area contributed by atoms with Crippen molar-refractivity contribution in [2.45, 2.75) is 26.8 Å². The van der Waals surface area contributed by atoms with Crippen LogP contribution in [-0.4, -0.2) is 30.5 Å². The first-order valence-corrected chi connectivity index (χ1v) is 5.77. The first-order chi connectivity index (χ1) is 7.99. The van der Waals surface area contributed by atoms with Gasteiger partial charge in [0, 0.05) is 18.8 Å². The number of nitrogen functional groups attached to an aromatic ring is 1. The highest BCUT2D eigenvalue weighted by Gasteiger charge is 2.21. The zero-order chi connectivity index (χ0) is 13.0. The molecule has 4 heteroatoms. The number of nitrogens with two attached hydrogens (primary N) is 1. The number of hydrogen-bond acceptors (Lipinski definition) is 3. The van der Waals surface area contributed by atoms with Gasteiger partial charge in [0.2, 0.25) is 0 Å². The average Bonchev–Trinajstić information content (AvgIpc) is 2.28. The molecular weight excluding hydrogens is 216 g/mol. The van der Waals surface area contributed by atoms with Crippen LogP contribution in [0.3, 0.4) is 0 Å². The normalized spacial score (nSPS) is 10.4. The lowest BCUT2D eigenvalue weighted by molar-refractivity contribution is 0.0752. The Morgan fingerprint density at radius 2 is 2.12 bits per heavy atom. The molecule has 0 aliphatic carbocycles. The molecule has 1 aromatic carbocycles. The predicted octanol–water partition coefficient (Wildman–Crippen LogP) is 2.15. The number of hydrogen-bond donors (Lipinski definition) is 1. The Kier molecular flexibility index (Phi) is 4.37. The second-order valence-electron chi connectivity index (χ2n) is 4.16. The summed E-state index contributed by atoms with van der Waals surface area (Å²) in [4.78, 5) is 13.9. The molecular formula is C13H20N2O2. The number of carbonyl (C=O) groups is 1. The maximum absolute atomic E-state index is 12.3. The number of carbonyl (C=O) groups excluding carboxylic acids is 1. The molecule has 0 atom stereocenters. The lowest BCUT2D eigenvalue weighted by atomic mass is 10.1. The van der Waals surface area contributed by atoms with E-state index >= 15 is 0 Å². The minimum absolute atomic E-state index is 0.110. The fraction of sp³-hybridized carbons (Fsp3) is 0.462. The number of benzene rings is 1. The molecule has 0 bridgehead atoms. The molecule has 4 nitrogen and oxygen atoms in total. The molecule has 0 radical (unpaired) electrons. The van der Waals surface area contributed by atoms with Crippen molar-refractivity contribution in [1.29, 1.82) is 0 Å². The van der Waals surface area contributed by atoms with Gasteiger partial charge in [-0.2, -0.15) is 0 Å². The largest absolute Gasteiger partial charge is 0.493 e. The minimum Gasteiger partial charge on any atom is -0.493 e. The molecule has 0 aliphatic rings. The Balaban J connectivity index is 3.15. The minimum atomic E-state index is -0.110. The van der Waals surface area contributed by atoms with Crippen LogP contribution in [0.15, 0.2) is 18.2 Å². The van der Waals surface area contributed by atoms with Crippen LogP contribution in [0.25, 0.3) is 0 Å². The second-order valence-corrected chi connectivity index (χ2v) is 4.16. The van der Waals surface area contributed by atoms with E-state index in [2.05, 4.69) is 0 Å². The van der Waals surface area contributed by atoms with Crippen molar-refractivity contribution >= 4 is 11.6 Å². The van der Waals surface area contributed by atoms with Gasteiger partial charge in [0.15, 0.2) is 0 Å². The first kappa shape index (κ1) is 13.4. The summed E-state index contributed by atoms with van der Waals surface area (Å²) in [6.07, 6.45) is 0. The molecule has 1 aromatic rings. The number of nitrogens with zero attached hydrogens (tertiary/aromatic N) is 1. The van der Waals surface area contributed by atoms with E-state index in [0.717, 1.165) is 0 Å². The van der Waals surface area contributed by atoms with Gasteiger partial charge >= 0.3 is 0 Å². The van der Waals surface area contributed by atoms with Crippen molar-refractivity contribution < 1.29 is 9.53 Å². The van der Waals surface area contributed by atoms with Gasteiger partial charge < -0.3 is 15.4 Å². The Labute approximate surface area is 102 Å². The van der Waals surface area contributed by atoms with Crippen LogP contribution in [0.1, 0.15) is 31.1 Å². The van der Waals surface area contributed by atoms with E-state index in [4.69, 9.17) is 10.5 Å². The van der Waals surface area contributed by atoms with Gasteiger partial charge in [-0.05, 0) is 32.9 Å². The maximum Gasteiger partial charge on any atom is 0.259 e. The number of amides is 1. The summed E-state index contributed by atoms with van der Waals surface area (Å²) in [6.45, 7) is 6.30. The first-order valence-electron chi connectivity index (χ1n) is 5.77. The van der Waals surface area contributed by atoms with Crippen molar-refractivity contribution in [1.82, 2.24) is 4.90 Å². The highest BCUT2D eigenvalue weighted by molar-refractivity contribution is 6.01. The number of ether oxygens (including phenoxy) is 1. The smallest absolute Gasteiger partial charge is 0.259 e. The van der Waals surface area contributed by atoms with Gasteiger partial charge in [-0.1, -0.05) is 6.07 Å². The molecule has 0 heterocycles. The second kappa shape index (κ2) is 5.57. The van der Waals surface area contributed by atoms with E-state index in [1.165, 1.54) is 0 Å². The summed E-state index contributed by atoms with van der Waals surface area (Å²) < 4.78 is 5.44. The van der Waals surface area contributed by atoms with Gasteiger partial charge in [-0.3, -0.25) is 4.79 Å². The van der Waals surface area contributed by atoms with Crippen LogP contribution in [-0.2, 0) is 0 Å². The Bertz CT molecular complexity index is 402. The van der Waals surface area contributed by atoms with Crippen LogP contribution < -0.4 is 10.5 Å². The van der Waals surface area contributed by atoms with Crippen molar-refractivity contribution in [2.75, 3.05) is 19.4 Å². The van der Waals surface area contributed by atoms with Crippen LogP contribution in [0.2, 0.25) is 0 Å². The average molecular weight is 236 g/mol. The third kappa shape index (κ3) is 2.90. The predicted molar refractivity (Wildman–Crippen MR) is 69.3 cm³/mol. The summed E-state index contributed by atoms with van der Waals surface area (Å²) in [7, 11) is 1.76. The summed E-state index contributed by atoms with van der Waals surface area (Å²) >= 11 is 0. The van der Waals surface area contributed by atoms with Gasteiger partial charge in [0.1, 0.15) is 11.3 Å². The fourth-order valence-electron chi connectivity index (χ4n) is 1.46. The third-order valence-corrected chi connectivity index (χ3v) is 2.67. The summed E-state index contributed by atoms with van der Waals surface area (Å²) in [5.74, 6) is 0.437. The molecule has 2 N–H and O–H groups in total. The molecule has 1 rings (SSSR count). The van der Waals surface area contributed by atoms with Crippen LogP contribution in [0.4, 0.5) is 5.69 Å². The fourth-order valence-corrected chi connectivity index (χ4v) is 1.46. The molecule has 0 spiro atoms. The standard InChI is InChI=1S/C13H20N2O2/c1-5-17-11-8-6-7-10(14)12(11)13(16)15(4)9(2)3/h6-9H,5,14H2,1-4H3. The Morgan fingerprint density at radius 3 is 2.65 bits per heavy atom. The molecule has 17 heavy (non-hydrogen) atoms. The lowest BCUT2D eigenvalue weighted by Gasteiger charge is -2.23. The lowest BCUT2D eigenvalue weighted by Crippen LogP contribution is -2.33. The van der Waals surface area contributed by atoms with Gasteiger partial charge in [-0.15, -0.1) is 0 Å². The number of anilines is 1. The van der Waals surface area contributed by atoms with Gasteiger partial charge in [-0.25, -0.2) is 0 Å².